The molecule has 1 N–H and O–H groups in total. The number of benzene rings is 2. The van der Waals surface area contributed by atoms with E-state index >= 15 is 0 Å². The van der Waals surface area contributed by atoms with Crippen LogP contribution in [0.3, 0.4) is 0 Å². The van der Waals surface area contributed by atoms with Gasteiger partial charge in [-0.3, -0.25) is 9.59 Å². The van der Waals surface area contributed by atoms with Gasteiger partial charge < -0.3 is 14.6 Å². The quantitative estimate of drug-likeness (QED) is 0.592. The molecule has 0 spiro atoms. The minimum Gasteiger partial charge on any atom is -0.486 e. The number of thioether (sulfide) groups is 1. The molecule has 0 saturated carbocycles. The number of aryl methyl sites for hydroxylation is 1. The molecule has 2 aromatic carbocycles. The second kappa shape index (κ2) is 9.30. The molecule has 0 amide bonds. The summed E-state index contributed by atoms with van der Waals surface area (Å²) in [7, 11) is 1.96. The molecule has 0 saturated heterocycles. The number of allylic oxidation sites excluding steroid dienone is 1. The van der Waals surface area contributed by atoms with Gasteiger partial charge in [0.2, 0.25) is 0 Å². The molecule has 0 fully saturated rings. The van der Waals surface area contributed by atoms with Crippen LogP contribution in [-0.4, -0.2) is 22.7 Å². The molecule has 6 nitrogen and oxygen atoms in total. The molecular weight excluding hydrogens is 442 g/mol. The van der Waals surface area contributed by atoms with Crippen molar-refractivity contribution < 1.29 is 9.90 Å². The van der Waals surface area contributed by atoms with Crippen molar-refractivity contribution >= 4 is 46.5 Å². The first kappa shape index (κ1) is 21.7. The first-order chi connectivity index (χ1) is 15.5. The number of para-hydroxylation sites is 1. The zero-order chi connectivity index (χ0) is 22.7. The average molecular weight is 462 g/mol. The van der Waals surface area contributed by atoms with Gasteiger partial charge in [0.25, 0.3) is 5.56 Å². The Morgan fingerprint density at radius 1 is 1.12 bits per heavy atom. The molecule has 1 aliphatic heterocycles. The van der Waals surface area contributed by atoms with E-state index in [9.17, 15) is 14.7 Å². The highest BCUT2D eigenvalue weighted by molar-refractivity contribution is 8.03. The topological polar surface area (TPSA) is 66.9 Å². The fourth-order valence-electron chi connectivity index (χ4n) is 3.40. The zero-order valence-electron chi connectivity index (χ0n) is 17.2. The number of fused-ring (bicyclic) bond motifs is 1. The van der Waals surface area contributed by atoms with Crippen LogP contribution in [-0.2, 0) is 17.8 Å². The van der Waals surface area contributed by atoms with Gasteiger partial charge in [0.05, 0.1) is 21.8 Å². The fourth-order valence-corrected chi connectivity index (χ4v) is 5.51. The molecule has 0 unspecified atom stereocenters. The van der Waals surface area contributed by atoms with Gasteiger partial charge in [0.1, 0.15) is 4.66 Å². The molecule has 2 heterocycles. The van der Waals surface area contributed by atoms with Crippen molar-refractivity contribution in [3.63, 3.8) is 0 Å². The molecule has 0 bridgehead atoms. The van der Waals surface area contributed by atoms with Crippen LogP contribution in [0, 0.1) is 6.57 Å². The maximum absolute atomic E-state index is 13.1. The normalized spacial score (nSPS) is 15.6. The molecule has 8 heteroatoms. The molecule has 32 heavy (non-hydrogen) atoms. The molecular formula is C24H19N3O3S2. The van der Waals surface area contributed by atoms with E-state index in [1.807, 2.05) is 72.6 Å². The van der Waals surface area contributed by atoms with Gasteiger partial charge in [-0.25, -0.2) is 4.85 Å². The summed E-state index contributed by atoms with van der Waals surface area (Å²) in [6, 6.07) is 17.7. The van der Waals surface area contributed by atoms with E-state index in [0.29, 0.717) is 17.5 Å². The van der Waals surface area contributed by atoms with Crippen molar-refractivity contribution in [2.75, 3.05) is 11.9 Å². The molecule has 0 atom stereocenters. The molecule has 1 aromatic heterocycles. The summed E-state index contributed by atoms with van der Waals surface area (Å²) in [5.74, 6) is -1.33. The van der Waals surface area contributed by atoms with E-state index in [1.165, 1.54) is 4.57 Å². The lowest BCUT2D eigenvalue weighted by Crippen LogP contribution is -2.33. The number of nitrogens with zero attached hydrogens (tertiary/aromatic N) is 3. The van der Waals surface area contributed by atoms with E-state index in [1.54, 1.807) is 17.8 Å². The van der Waals surface area contributed by atoms with Crippen LogP contribution in [0.1, 0.15) is 5.56 Å². The Kier molecular flexibility index (Phi) is 6.30. The van der Waals surface area contributed by atoms with Gasteiger partial charge in [-0.15, -0.1) is 11.3 Å². The minimum absolute atomic E-state index is 0.175. The van der Waals surface area contributed by atoms with Gasteiger partial charge in [-0.2, -0.15) is 0 Å². The average Bonchev–Trinajstić information content (AvgIpc) is 3.28. The van der Waals surface area contributed by atoms with E-state index in [0.717, 1.165) is 32.5 Å². The van der Waals surface area contributed by atoms with E-state index in [-0.39, 0.29) is 10.2 Å². The summed E-state index contributed by atoms with van der Waals surface area (Å²) in [5.41, 5.74) is 1.40. The Bertz CT molecular complexity index is 1430. The largest absolute Gasteiger partial charge is 0.486 e. The van der Waals surface area contributed by atoms with Crippen LogP contribution in [0.5, 0.6) is 0 Å². The summed E-state index contributed by atoms with van der Waals surface area (Å²) in [4.78, 5) is 31.1. The Morgan fingerprint density at radius 3 is 2.53 bits per heavy atom. The first-order valence-corrected chi connectivity index (χ1v) is 11.4. The van der Waals surface area contributed by atoms with Gasteiger partial charge in [-0.05, 0) is 36.3 Å². The summed E-state index contributed by atoms with van der Waals surface area (Å²) in [5, 5.41) is 10.4. The lowest BCUT2D eigenvalue weighted by atomic mass is 10.1. The third kappa shape index (κ3) is 4.26. The Hall–Kier alpha value is -3.54. The predicted octanol–water partition coefficient (Wildman–Crippen LogP) is 3.13. The Balaban J connectivity index is 1.77. The van der Waals surface area contributed by atoms with Crippen molar-refractivity contribution in [2.24, 2.45) is 0 Å². The number of aliphatic carboxylic acids is 1. The lowest BCUT2D eigenvalue weighted by Gasteiger charge is -2.12. The van der Waals surface area contributed by atoms with Crippen molar-refractivity contribution in [2.45, 2.75) is 17.9 Å². The molecule has 4 rings (SSSR count). The van der Waals surface area contributed by atoms with Crippen LogP contribution < -0.4 is 19.7 Å². The number of hydrogen-bond donors (Lipinski definition) is 1. The van der Waals surface area contributed by atoms with E-state index in [2.05, 4.69) is 4.85 Å². The van der Waals surface area contributed by atoms with Crippen LogP contribution in [0.25, 0.3) is 16.6 Å². The van der Waals surface area contributed by atoms with Crippen molar-refractivity contribution in [1.29, 1.82) is 0 Å². The number of carboxylic acid groups (broad SMARTS) is 1. The number of thiazole rings is 1. The van der Waals surface area contributed by atoms with E-state index < -0.39 is 11.7 Å². The van der Waals surface area contributed by atoms with Gasteiger partial charge in [0, 0.05) is 18.5 Å². The second-order valence-corrected chi connectivity index (χ2v) is 9.12. The number of rotatable bonds is 5. The third-order valence-electron chi connectivity index (χ3n) is 5.04. The Labute approximate surface area is 192 Å². The zero-order valence-corrected chi connectivity index (χ0v) is 18.8. The van der Waals surface area contributed by atoms with Crippen LogP contribution >= 0.6 is 23.1 Å². The summed E-state index contributed by atoms with van der Waals surface area (Å²) < 4.78 is 1.98. The molecule has 0 aliphatic carbocycles. The summed E-state index contributed by atoms with van der Waals surface area (Å²) >= 11 is 2.65. The molecule has 1 aliphatic rings. The molecule has 0 radical (unpaired) electrons. The van der Waals surface area contributed by atoms with Crippen molar-refractivity contribution in [1.82, 2.24) is 4.57 Å². The Morgan fingerprint density at radius 2 is 1.84 bits per heavy atom. The van der Waals surface area contributed by atoms with E-state index in [4.69, 9.17) is 6.57 Å². The second-order valence-electron chi connectivity index (χ2n) is 7.03. The lowest BCUT2D eigenvalue weighted by molar-refractivity contribution is -0.130. The standard InChI is InChI=1S/C24H19N3O3S2/c1-25-21(24(29)30)23-27(15-14-16-8-4-3-5-9-16)22(28)19(32-23)12-13-20-26(2)17-10-6-7-11-18(17)31-20/h3-13H,14-15H2,2H3,(H,29,30). The summed E-state index contributed by atoms with van der Waals surface area (Å²) in [6.45, 7) is 7.60. The molecule has 160 valence electrons. The highest BCUT2D eigenvalue weighted by Gasteiger charge is 2.20. The maximum atomic E-state index is 13.1. The summed E-state index contributed by atoms with van der Waals surface area (Å²) in [6.07, 6.45) is 4.13. The van der Waals surface area contributed by atoms with Gasteiger partial charge in [0.15, 0.2) is 0 Å². The molecule has 3 aromatic rings. The number of carbonyl (C=O) groups is 1. The highest BCUT2D eigenvalue weighted by atomic mass is 32.2. The predicted molar refractivity (Wildman–Crippen MR) is 129 cm³/mol. The SMILES string of the molecule is [C-]#[N+]C(C(=O)O)=c1sc(=CC=C2Sc3ccccc3N2C)c(=O)n1CCc1ccccc1. The van der Waals surface area contributed by atoms with Crippen molar-refractivity contribution in [3.05, 3.63) is 102 Å². The van der Waals surface area contributed by atoms with Gasteiger partial charge in [-0.1, -0.05) is 54.2 Å². The van der Waals surface area contributed by atoms with Crippen LogP contribution in [0.2, 0.25) is 0 Å². The van der Waals surface area contributed by atoms with Gasteiger partial charge >= 0.3 is 11.7 Å². The highest BCUT2D eigenvalue weighted by Crippen LogP contribution is 2.44. The fraction of sp³-hybridized carbons (Fsp3) is 0.125. The first-order valence-electron chi connectivity index (χ1n) is 9.81. The minimum atomic E-state index is -1.33. The monoisotopic (exact) mass is 461 g/mol. The number of carboxylic acids is 1. The number of aromatic nitrogens is 1. The number of anilines is 1. The van der Waals surface area contributed by atoms with Crippen molar-refractivity contribution in [3.8, 4) is 0 Å². The van der Waals surface area contributed by atoms with Crippen LogP contribution in [0.15, 0.2) is 75.4 Å². The smallest absolute Gasteiger partial charge is 0.336 e. The van der Waals surface area contributed by atoms with Crippen LogP contribution in [0.4, 0.5) is 5.69 Å². The maximum Gasteiger partial charge on any atom is 0.336 e. The number of hydrogen-bond acceptors (Lipinski definition) is 5. The third-order valence-corrected chi connectivity index (χ3v) is 7.36.